The van der Waals surface area contributed by atoms with Crippen LogP contribution in [0.15, 0.2) is 121 Å². The number of carboxylic acids is 2. The van der Waals surface area contributed by atoms with Crippen molar-refractivity contribution >= 4 is 52.6 Å². The first-order valence-electron chi connectivity index (χ1n) is 16.6. The van der Waals surface area contributed by atoms with Crippen molar-refractivity contribution in [3.63, 3.8) is 0 Å². The van der Waals surface area contributed by atoms with E-state index in [1.54, 1.807) is 0 Å². The molecule has 3 aliphatic rings. The Labute approximate surface area is 288 Å². The molecule has 2 aliphatic carbocycles. The normalized spacial score (nSPS) is 17.3. The summed E-state index contributed by atoms with van der Waals surface area (Å²) in [5, 5.41) is 19.0. The summed E-state index contributed by atoms with van der Waals surface area (Å²) in [6.07, 6.45) is 6.94. The van der Waals surface area contributed by atoms with E-state index in [0.717, 1.165) is 70.6 Å². The summed E-state index contributed by atoms with van der Waals surface area (Å²) < 4.78 is 0. The van der Waals surface area contributed by atoms with Crippen LogP contribution in [0, 0.1) is 0 Å². The van der Waals surface area contributed by atoms with Crippen LogP contribution in [0.3, 0.4) is 0 Å². The SMILES string of the molecule is O=C(O)c1cc2c(cc1C(=O)O)C(=O)C(=Cc1ccc3c(c1)C1CCCC1N3c1ccc(C=C(c3ccccc3)c3ccccc3)cc1)C2=O. The number of carbonyl (C=O) groups excluding carboxylic acids is 2. The van der Waals surface area contributed by atoms with Crippen LogP contribution in [0.1, 0.15) is 94.4 Å². The van der Waals surface area contributed by atoms with Crippen molar-refractivity contribution in [3.05, 3.63) is 171 Å². The van der Waals surface area contributed by atoms with Gasteiger partial charge in [-0.15, -0.1) is 0 Å². The summed E-state index contributed by atoms with van der Waals surface area (Å²) >= 11 is 0. The number of aromatic carboxylic acids is 2. The third-order valence-electron chi connectivity index (χ3n) is 10.1. The number of benzene rings is 5. The second-order valence-corrected chi connectivity index (χ2v) is 12.9. The number of hydrogen-bond donors (Lipinski definition) is 2. The summed E-state index contributed by atoms with van der Waals surface area (Å²) in [5.41, 5.74) is 7.25. The quantitative estimate of drug-likeness (QED) is 0.102. The number of fused-ring (bicyclic) bond motifs is 4. The van der Waals surface area contributed by atoms with Gasteiger partial charge in [0.15, 0.2) is 11.6 Å². The number of ketones is 2. The van der Waals surface area contributed by atoms with Gasteiger partial charge in [-0.05, 0) is 94.8 Å². The predicted octanol–water partition coefficient (Wildman–Crippen LogP) is 8.92. The van der Waals surface area contributed by atoms with Crippen molar-refractivity contribution in [2.45, 2.75) is 31.2 Å². The molecule has 2 atom stereocenters. The Morgan fingerprint density at radius 1 is 0.660 bits per heavy atom. The fourth-order valence-electron chi connectivity index (χ4n) is 7.79. The van der Waals surface area contributed by atoms with E-state index in [9.17, 15) is 29.4 Å². The van der Waals surface area contributed by atoms with E-state index in [1.807, 2.05) is 30.3 Å². The molecule has 1 fully saturated rings. The average Bonchev–Trinajstić information content (AvgIpc) is 3.80. The molecule has 244 valence electrons. The Balaban J connectivity index is 1.11. The van der Waals surface area contributed by atoms with Crippen molar-refractivity contribution in [1.29, 1.82) is 0 Å². The molecule has 8 rings (SSSR count). The third kappa shape index (κ3) is 5.24. The van der Waals surface area contributed by atoms with Crippen LogP contribution in [-0.2, 0) is 0 Å². The lowest BCUT2D eigenvalue weighted by atomic mass is 9.95. The molecule has 1 aliphatic heterocycles. The topological polar surface area (TPSA) is 112 Å². The maximum atomic E-state index is 13.3. The summed E-state index contributed by atoms with van der Waals surface area (Å²) in [7, 11) is 0. The summed E-state index contributed by atoms with van der Waals surface area (Å²) in [6.45, 7) is 0. The van der Waals surface area contributed by atoms with Crippen molar-refractivity contribution in [2.75, 3.05) is 4.90 Å². The lowest BCUT2D eigenvalue weighted by Crippen LogP contribution is -2.26. The number of carboxylic acid groups (broad SMARTS) is 2. The zero-order valence-corrected chi connectivity index (χ0v) is 26.9. The minimum atomic E-state index is -1.48. The minimum Gasteiger partial charge on any atom is -0.478 e. The highest BCUT2D eigenvalue weighted by Crippen LogP contribution is 2.52. The molecular formula is C43H31NO6. The summed E-state index contributed by atoms with van der Waals surface area (Å²) in [5.74, 6) is -3.88. The van der Waals surface area contributed by atoms with Crippen molar-refractivity contribution in [1.82, 2.24) is 0 Å². The van der Waals surface area contributed by atoms with Gasteiger partial charge in [0.1, 0.15) is 0 Å². The monoisotopic (exact) mass is 657 g/mol. The molecule has 5 aromatic carbocycles. The van der Waals surface area contributed by atoms with E-state index in [-0.39, 0.29) is 16.7 Å². The molecule has 5 aromatic rings. The predicted molar refractivity (Wildman–Crippen MR) is 192 cm³/mol. The molecule has 0 aromatic heterocycles. The zero-order chi connectivity index (χ0) is 34.5. The maximum absolute atomic E-state index is 13.3. The lowest BCUT2D eigenvalue weighted by Gasteiger charge is -2.27. The van der Waals surface area contributed by atoms with Crippen LogP contribution >= 0.6 is 0 Å². The molecule has 7 nitrogen and oxygen atoms in total. The standard InChI is InChI=1S/C43H31NO6/c45-40-33-23-35(42(47)48)36(43(49)50)24-34(33)41(46)37(40)22-26-16-19-39-32(21-26)30-12-7-13-38(30)44(39)29-17-14-25(15-18-29)20-31(27-8-3-1-4-9-27)28-10-5-2-6-11-28/h1-6,8-11,14-24,30,38H,7,12-13H2,(H,47,48)(H,49,50). The number of nitrogens with zero attached hydrogens (tertiary/aromatic N) is 1. The largest absolute Gasteiger partial charge is 0.478 e. The van der Waals surface area contributed by atoms with Gasteiger partial charge in [-0.2, -0.15) is 0 Å². The van der Waals surface area contributed by atoms with Gasteiger partial charge in [0.05, 0.1) is 16.7 Å². The number of hydrogen-bond acceptors (Lipinski definition) is 5. The zero-order valence-electron chi connectivity index (χ0n) is 26.9. The van der Waals surface area contributed by atoms with Gasteiger partial charge in [0, 0.05) is 34.5 Å². The number of Topliss-reactive ketones (excluding diaryl/α,β-unsaturated/α-hetero) is 2. The van der Waals surface area contributed by atoms with Crippen LogP contribution in [0.25, 0.3) is 17.7 Å². The first-order valence-corrected chi connectivity index (χ1v) is 16.6. The number of anilines is 2. The Morgan fingerprint density at radius 2 is 1.22 bits per heavy atom. The second kappa shape index (κ2) is 12.3. The Kier molecular flexibility index (Phi) is 7.60. The Bertz CT molecular complexity index is 2190. The summed E-state index contributed by atoms with van der Waals surface area (Å²) in [6, 6.07) is 37.7. The molecule has 0 amide bonds. The molecular weight excluding hydrogens is 626 g/mol. The van der Waals surface area contributed by atoms with E-state index in [1.165, 1.54) is 6.08 Å². The van der Waals surface area contributed by atoms with Gasteiger partial charge in [-0.3, -0.25) is 9.59 Å². The van der Waals surface area contributed by atoms with Gasteiger partial charge in [-0.25, -0.2) is 9.59 Å². The molecule has 0 bridgehead atoms. The van der Waals surface area contributed by atoms with Gasteiger partial charge < -0.3 is 15.1 Å². The van der Waals surface area contributed by atoms with Gasteiger partial charge in [0.2, 0.25) is 0 Å². The van der Waals surface area contributed by atoms with Gasteiger partial charge in [-0.1, -0.05) is 85.3 Å². The molecule has 0 radical (unpaired) electrons. The molecule has 2 N–H and O–H groups in total. The van der Waals surface area contributed by atoms with Crippen molar-refractivity contribution < 1.29 is 29.4 Å². The first-order chi connectivity index (χ1) is 24.3. The molecule has 50 heavy (non-hydrogen) atoms. The van der Waals surface area contributed by atoms with Crippen LogP contribution in [0.4, 0.5) is 11.4 Å². The fraction of sp³-hybridized carbons (Fsp3) is 0.116. The lowest BCUT2D eigenvalue weighted by molar-refractivity contribution is 0.0651. The third-order valence-corrected chi connectivity index (χ3v) is 10.1. The van der Waals surface area contributed by atoms with E-state index < -0.39 is 34.6 Å². The van der Waals surface area contributed by atoms with Crippen LogP contribution < -0.4 is 4.90 Å². The van der Waals surface area contributed by atoms with E-state index in [0.29, 0.717) is 17.5 Å². The smallest absolute Gasteiger partial charge is 0.336 e. The van der Waals surface area contributed by atoms with E-state index in [4.69, 9.17) is 0 Å². The van der Waals surface area contributed by atoms with Crippen molar-refractivity contribution in [3.8, 4) is 0 Å². The highest BCUT2D eigenvalue weighted by atomic mass is 16.4. The molecule has 1 saturated carbocycles. The molecule has 2 unspecified atom stereocenters. The Hall–Kier alpha value is -6.34. The fourth-order valence-corrected chi connectivity index (χ4v) is 7.79. The maximum Gasteiger partial charge on any atom is 0.336 e. The molecule has 7 heteroatoms. The van der Waals surface area contributed by atoms with E-state index in [2.05, 4.69) is 83.8 Å². The number of rotatable bonds is 7. The minimum absolute atomic E-state index is 0.0928. The molecule has 1 heterocycles. The Morgan fingerprint density at radius 3 is 1.78 bits per heavy atom. The second-order valence-electron chi connectivity index (χ2n) is 12.9. The van der Waals surface area contributed by atoms with E-state index >= 15 is 0 Å². The van der Waals surface area contributed by atoms with Crippen molar-refractivity contribution in [2.24, 2.45) is 0 Å². The first kappa shape index (κ1) is 31.0. The van der Waals surface area contributed by atoms with Crippen LogP contribution in [-0.4, -0.2) is 39.8 Å². The van der Waals surface area contributed by atoms with Gasteiger partial charge in [0.25, 0.3) is 0 Å². The highest BCUT2D eigenvalue weighted by molar-refractivity contribution is 6.41. The van der Waals surface area contributed by atoms with Gasteiger partial charge >= 0.3 is 11.9 Å². The van der Waals surface area contributed by atoms with Crippen LogP contribution in [0.5, 0.6) is 0 Å². The average molecular weight is 658 g/mol. The number of carbonyl (C=O) groups is 4. The highest BCUT2D eigenvalue weighted by Gasteiger charge is 2.42. The number of allylic oxidation sites excluding steroid dienone is 1. The summed E-state index contributed by atoms with van der Waals surface area (Å²) in [4.78, 5) is 52.5. The van der Waals surface area contributed by atoms with Crippen LogP contribution in [0.2, 0.25) is 0 Å². The molecule has 0 saturated heterocycles. The molecule has 0 spiro atoms.